The summed E-state index contributed by atoms with van der Waals surface area (Å²) in [5.74, 6) is -0.114. The van der Waals surface area contributed by atoms with Crippen molar-refractivity contribution in [2.45, 2.75) is 31.0 Å². The van der Waals surface area contributed by atoms with Crippen molar-refractivity contribution in [1.29, 1.82) is 5.26 Å². The number of fused-ring (bicyclic) bond motifs is 1. The molecule has 0 unspecified atom stereocenters. The van der Waals surface area contributed by atoms with E-state index in [0.717, 1.165) is 12.3 Å². The third kappa shape index (κ3) is 4.48. The van der Waals surface area contributed by atoms with Gasteiger partial charge in [0.1, 0.15) is 28.6 Å². The highest BCUT2D eigenvalue weighted by molar-refractivity contribution is 7.89. The largest absolute Gasteiger partial charge is 0.404 e. The van der Waals surface area contributed by atoms with E-state index in [1.54, 1.807) is 40.5 Å². The Labute approximate surface area is 197 Å². The molecule has 1 aromatic carbocycles. The van der Waals surface area contributed by atoms with E-state index in [-0.39, 0.29) is 17.0 Å². The number of pyridine rings is 2. The van der Waals surface area contributed by atoms with E-state index < -0.39 is 33.0 Å². The molecule has 0 amide bonds. The summed E-state index contributed by atoms with van der Waals surface area (Å²) in [6.07, 6.45) is -2.34. The van der Waals surface area contributed by atoms with Gasteiger partial charge in [0.05, 0.1) is 22.5 Å². The number of alkyl halides is 3. The molecule has 1 atom stereocenters. The average molecular weight is 503 g/mol. The molecule has 0 spiro atoms. The van der Waals surface area contributed by atoms with E-state index in [2.05, 4.69) is 16.0 Å². The molecule has 0 bridgehead atoms. The van der Waals surface area contributed by atoms with Gasteiger partial charge in [-0.05, 0) is 55.8 Å². The number of halogens is 4. The summed E-state index contributed by atoms with van der Waals surface area (Å²) in [5, 5.41) is 10.2. The van der Waals surface area contributed by atoms with E-state index in [4.69, 9.17) is 0 Å². The Hall–Kier alpha value is -3.82. The average Bonchev–Trinajstić information content (AvgIpc) is 3.12. The minimum atomic E-state index is -4.76. The highest BCUT2D eigenvalue weighted by Gasteiger charge is 2.39. The second-order valence-corrected chi connectivity index (χ2v) is 9.46. The Morgan fingerprint density at radius 3 is 2.46 bits per heavy atom. The van der Waals surface area contributed by atoms with Gasteiger partial charge in [-0.25, -0.2) is 17.8 Å². The van der Waals surface area contributed by atoms with Crippen molar-refractivity contribution in [3.63, 3.8) is 0 Å². The minimum absolute atomic E-state index is 0.0801. The number of benzene rings is 1. The van der Waals surface area contributed by atoms with Crippen LogP contribution in [0.3, 0.4) is 0 Å². The highest BCUT2D eigenvalue weighted by atomic mass is 32.2. The minimum Gasteiger partial charge on any atom is -0.291 e. The lowest BCUT2D eigenvalue weighted by Crippen LogP contribution is -2.42. The molecule has 7 nitrogen and oxygen atoms in total. The summed E-state index contributed by atoms with van der Waals surface area (Å²) in [6, 6.07) is 9.97. The van der Waals surface area contributed by atoms with Gasteiger partial charge in [-0.3, -0.25) is 9.55 Å². The molecule has 4 rings (SSSR count). The number of nitrogens with zero attached hydrogens (tertiary/aromatic N) is 4. The molecule has 0 saturated carbocycles. The zero-order chi connectivity index (χ0) is 25.5. The smallest absolute Gasteiger partial charge is 0.291 e. The summed E-state index contributed by atoms with van der Waals surface area (Å²) in [6.45, 7) is 2.26. The van der Waals surface area contributed by atoms with Crippen LogP contribution in [-0.4, -0.2) is 35.2 Å². The number of hydrogen-bond acceptors (Lipinski definition) is 5. The fraction of sp³-hybridized carbons (Fsp3) is 0.174. The first-order chi connectivity index (χ1) is 16.4. The molecule has 12 heteroatoms. The molecule has 35 heavy (non-hydrogen) atoms. The fourth-order valence-electron chi connectivity index (χ4n) is 3.54. The van der Waals surface area contributed by atoms with Gasteiger partial charge in [0.15, 0.2) is 0 Å². The predicted octanol–water partition coefficient (Wildman–Crippen LogP) is 4.64. The van der Waals surface area contributed by atoms with Crippen molar-refractivity contribution in [2.24, 2.45) is 0 Å². The number of nitrogens with one attached hydrogen (secondary N) is 1. The van der Waals surface area contributed by atoms with Crippen molar-refractivity contribution < 1.29 is 26.0 Å². The molecule has 0 aliphatic rings. The molecule has 4 aromatic rings. The molecule has 180 valence electrons. The number of hydrogen-bond donors (Lipinski definition) is 1. The molecule has 0 fully saturated rings. The molecule has 3 aromatic heterocycles. The standard InChI is InChI=1S/C23H17F4N5O2S/c1-13-9-20-16(10-18(13)24)17(11-28)22(32(20)21-5-3-4-8-29-21)19-7-6-15(12-30-19)35(33,34)31-14(2)23(25,26)27/h3-10,12,14,31H,1-2H3/t14-/m0/s1. The highest BCUT2D eigenvalue weighted by Crippen LogP contribution is 2.36. The van der Waals surface area contributed by atoms with Crippen molar-refractivity contribution in [1.82, 2.24) is 19.3 Å². The molecule has 1 N–H and O–H groups in total. The van der Waals surface area contributed by atoms with Crippen molar-refractivity contribution >= 4 is 20.9 Å². The second kappa shape index (κ2) is 8.75. The van der Waals surface area contributed by atoms with Gasteiger partial charge in [0.2, 0.25) is 10.0 Å². The van der Waals surface area contributed by atoms with Gasteiger partial charge in [-0.15, -0.1) is 0 Å². The normalized spacial score (nSPS) is 13.1. The molecular formula is C23H17F4N5O2S. The van der Waals surface area contributed by atoms with Gasteiger partial charge < -0.3 is 0 Å². The molecule has 0 aliphatic carbocycles. The van der Waals surface area contributed by atoms with Gasteiger partial charge in [0.25, 0.3) is 0 Å². The Morgan fingerprint density at radius 1 is 1.14 bits per heavy atom. The Morgan fingerprint density at radius 2 is 1.89 bits per heavy atom. The van der Waals surface area contributed by atoms with Crippen molar-refractivity contribution in [3.05, 3.63) is 71.8 Å². The third-order valence-corrected chi connectivity index (χ3v) is 6.88. The van der Waals surface area contributed by atoms with Crippen LogP contribution in [0.1, 0.15) is 18.1 Å². The van der Waals surface area contributed by atoms with Gasteiger partial charge in [-0.2, -0.15) is 23.2 Å². The van der Waals surface area contributed by atoms with Crippen LogP contribution >= 0.6 is 0 Å². The number of aryl methyl sites for hydroxylation is 1. The number of aromatic nitrogens is 3. The number of rotatable bonds is 5. The Bertz CT molecular complexity index is 1560. The predicted molar refractivity (Wildman–Crippen MR) is 120 cm³/mol. The van der Waals surface area contributed by atoms with E-state index in [1.807, 2.05) is 0 Å². The summed E-state index contributed by atoms with van der Waals surface area (Å²) in [4.78, 5) is 7.96. The maximum Gasteiger partial charge on any atom is 0.404 e. The summed E-state index contributed by atoms with van der Waals surface area (Å²) in [5.41, 5.74) is 1.27. The van der Waals surface area contributed by atoms with Crippen molar-refractivity contribution in [2.75, 3.05) is 0 Å². The van der Waals surface area contributed by atoms with E-state index in [0.29, 0.717) is 29.2 Å². The molecule has 0 aliphatic heterocycles. The number of sulfonamides is 1. The zero-order valence-electron chi connectivity index (χ0n) is 18.3. The number of nitriles is 1. The monoisotopic (exact) mass is 503 g/mol. The SMILES string of the molecule is Cc1cc2c(cc1F)c(C#N)c(-c1ccc(S(=O)(=O)N[C@@H](C)C(F)(F)F)cn1)n2-c1ccccn1. The quantitative estimate of drug-likeness (QED) is 0.400. The first kappa shape index (κ1) is 24.3. The van der Waals surface area contributed by atoms with E-state index in [9.17, 15) is 31.2 Å². The Balaban J connectivity index is 1.90. The van der Waals surface area contributed by atoms with Crippen LogP contribution < -0.4 is 4.72 Å². The van der Waals surface area contributed by atoms with Crippen LogP contribution in [0.15, 0.2) is 59.8 Å². The molecule has 0 radical (unpaired) electrons. The molecule has 3 heterocycles. The maximum absolute atomic E-state index is 14.4. The summed E-state index contributed by atoms with van der Waals surface area (Å²) in [7, 11) is -4.52. The molecule has 0 saturated heterocycles. The van der Waals surface area contributed by atoms with Gasteiger partial charge >= 0.3 is 6.18 Å². The van der Waals surface area contributed by atoms with Crippen molar-refractivity contribution in [3.8, 4) is 23.3 Å². The summed E-state index contributed by atoms with van der Waals surface area (Å²) < 4.78 is 80.8. The lowest BCUT2D eigenvalue weighted by molar-refractivity contribution is -0.147. The first-order valence-electron chi connectivity index (χ1n) is 10.2. The van der Waals surface area contributed by atoms with Crippen LogP contribution in [-0.2, 0) is 10.0 Å². The maximum atomic E-state index is 14.4. The summed E-state index contributed by atoms with van der Waals surface area (Å²) >= 11 is 0. The Kier molecular flexibility index (Phi) is 6.08. The second-order valence-electron chi connectivity index (χ2n) is 7.74. The van der Waals surface area contributed by atoms with Crippen LogP contribution in [0.4, 0.5) is 17.6 Å². The first-order valence-corrected chi connectivity index (χ1v) is 11.6. The van der Waals surface area contributed by atoms with E-state index >= 15 is 0 Å². The topological polar surface area (TPSA) is 101 Å². The van der Waals surface area contributed by atoms with E-state index in [1.165, 1.54) is 18.3 Å². The molecular weight excluding hydrogens is 486 g/mol. The van der Waals surface area contributed by atoms with Gasteiger partial charge in [0, 0.05) is 17.8 Å². The van der Waals surface area contributed by atoms with Crippen LogP contribution in [0.5, 0.6) is 0 Å². The van der Waals surface area contributed by atoms with Crippen LogP contribution in [0.25, 0.3) is 28.1 Å². The fourth-order valence-corrected chi connectivity index (χ4v) is 4.71. The van der Waals surface area contributed by atoms with Crippen LogP contribution in [0, 0.1) is 24.1 Å². The lowest BCUT2D eigenvalue weighted by Gasteiger charge is -2.17. The van der Waals surface area contributed by atoms with Gasteiger partial charge in [-0.1, -0.05) is 6.07 Å². The lowest BCUT2D eigenvalue weighted by atomic mass is 10.1. The third-order valence-electron chi connectivity index (χ3n) is 5.35. The zero-order valence-corrected chi connectivity index (χ0v) is 19.1. The van der Waals surface area contributed by atoms with Crippen LogP contribution in [0.2, 0.25) is 0 Å².